The Bertz CT molecular complexity index is 261. The van der Waals surface area contributed by atoms with Gasteiger partial charge in [0.15, 0.2) is 11.5 Å². The second-order valence-electron chi connectivity index (χ2n) is 2.07. The molecule has 5 nitrogen and oxygen atoms in total. The largest absolute Gasteiger partial charge is 0.364 e. The summed E-state index contributed by atoms with van der Waals surface area (Å²) in [6, 6.07) is 1.51. The Morgan fingerprint density at radius 1 is 1.83 bits per heavy atom. The summed E-state index contributed by atoms with van der Waals surface area (Å²) in [6.45, 7) is 0.542. The average Bonchev–Trinajstić information content (AvgIpc) is 2.37. The summed E-state index contributed by atoms with van der Waals surface area (Å²) < 4.78 is 4.75. The van der Waals surface area contributed by atoms with Crippen LogP contribution in [0.25, 0.3) is 0 Å². The molecule has 12 heavy (non-hydrogen) atoms. The first-order chi connectivity index (χ1) is 5.24. The highest BCUT2D eigenvalue weighted by molar-refractivity contribution is 5.90. The van der Waals surface area contributed by atoms with Crippen molar-refractivity contribution in [3.8, 4) is 0 Å². The van der Waals surface area contributed by atoms with Crippen molar-refractivity contribution in [2.24, 2.45) is 5.73 Å². The molecule has 1 amide bonds. The minimum absolute atomic E-state index is 0. The van der Waals surface area contributed by atoms with Crippen molar-refractivity contribution >= 4 is 18.3 Å². The molecule has 0 fully saturated rings. The molecule has 1 aromatic heterocycles. The SMILES string of the molecule is CNCc1cc(C(N)=O)no1.Cl. The van der Waals surface area contributed by atoms with Crippen LogP contribution < -0.4 is 11.1 Å². The summed E-state index contributed by atoms with van der Waals surface area (Å²) in [5.41, 5.74) is 5.10. The number of amides is 1. The van der Waals surface area contributed by atoms with E-state index in [1.54, 1.807) is 7.05 Å². The summed E-state index contributed by atoms with van der Waals surface area (Å²) in [5, 5.41) is 6.30. The van der Waals surface area contributed by atoms with E-state index in [2.05, 4.69) is 10.5 Å². The summed E-state index contributed by atoms with van der Waals surface area (Å²) in [6.07, 6.45) is 0. The molecule has 0 bridgehead atoms. The molecule has 0 saturated carbocycles. The van der Waals surface area contributed by atoms with Crippen LogP contribution in [0.5, 0.6) is 0 Å². The number of aromatic nitrogens is 1. The molecule has 68 valence electrons. The van der Waals surface area contributed by atoms with Gasteiger partial charge in [0.2, 0.25) is 0 Å². The van der Waals surface area contributed by atoms with E-state index in [9.17, 15) is 4.79 Å². The van der Waals surface area contributed by atoms with Gasteiger partial charge in [-0.15, -0.1) is 12.4 Å². The van der Waals surface area contributed by atoms with Gasteiger partial charge in [0, 0.05) is 6.07 Å². The summed E-state index contributed by atoms with van der Waals surface area (Å²) in [5.74, 6) is 0.0254. The standard InChI is InChI=1S/C6H9N3O2.ClH/c1-8-3-4-2-5(6(7)10)9-11-4;/h2,8H,3H2,1H3,(H2,7,10);1H. The Balaban J connectivity index is 0.00000121. The number of nitrogens with two attached hydrogens (primary N) is 1. The van der Waals surface area contributed by atoms with Crippen LogP contribution in [0.15, 0.2) is 10.6 Å². The van der Waals surface area contributed by atoms with E-state index in [1.807, 2.05) is 0 Å². The topological polar surface area (TPSA) is 81.1 Å². The number of rotatable bonds is 3. The van der Waals surface area contributed by atoms with Crippen molar-refractivity contribution < 1.29 is 9.32 Å². The zero-order chi connectivity index (χ0) is 8.27. The van der Waals surface area contributed by atoms with Gasteiger partial charge in [-0.3, -0.25) is 4.79 Å². The Hall–Kier alpha value is -1.07. The second kappa shape index (κ2) is 4.74. The van der Waals surface area contributed by atoms with Gasteiger partial charge in [-0.25, -0.2) is 0 Å². The molecule has 1 rings (SSSR count). The Labute approximate surface area is 75.7 Å². The average molecular weight is 192 g/mol. The van der Waals surface area contributed by atoms with Crippen molar-refractivity contribution in [1.29, 1.82) is 0 Å². The van der Waals surface area contributed by atoms with Crippen LogP contribution in [-0.2, 0) is 6.54 Å². The van der Waals surface area contributed by atoms with Crippen molar-refractivity contribution in [3.05, 3.63) is 17.5 Å². The van der Waals surface area contributed by atoms with E-state index >= 15 is 0 Å². The molecular weight excluding hydrogens is 182 g/mol. The van der Waals surface area contributed by atoms with Crippen LogP contribution in [0.3, 0.4) is 0 Å². The number of primary amides is 1. The third kappa shape index (κ3) is 2.52. The maximum atomic E-state index is 10.5. The highest BCUT2D eigenvalue weighted by atomic mass is 35.5. The molecule has 0 aliphatic heterocycles. The van der Waals surface area contributed by atoms with Gasteiger partial charge in [-0.1, -0.05) is 5.16 Å². The van der Waals surface area contributed by atoms with E-state index < -0.39 is 5.91 Å². The number of halogens is 1. The Morgan fingerprint density at radius 3 is 2.92 bits per heavy atom. The molecule has 0 atom stereocenters. The lowest BCUT2D eigenvalue weighted by Crippen LogP contribution is -2.11. The monoisotopic (exact) mass is 191 g/mol. The number of hydrogen-bond acceptors (Lipinski definition) is 4. The van der Waals surface area contributed by atoms with Crippen LogP contribution in [0.1, 0.15) is 16.2 Å². The normalized spacial score (nSPS) is 9.08. The Kier molecular flexibility index (Phi) is 4.31. The smallest absolute Gasteiger partial charge is 0.270 e. The lowest BCUT2D eigenvalue weighted by molar-refractivity contribution is 0.0991. The zero-order valence-electron chi connectivity index (χ0n) is 6.53. The van der Waals surface area contributed by atoms with Crippen molar-refractivity contribution in [1.82, 2.24) is 10.5 Å². The molecule has 1 aromatic rings. The van der Waals surface area contributed by atoms with Crippen molar-refractivity contribution in [3.63, 3.8) is 0 Å². The first kappa shape index (κ1) is 10.9. The van der Waals surface area contributed by atoms with E-state index in [0.29, 0.717) is 12.3 Å². The fourth-order valence-electron chi connectivity index (χ4n) is 0.687. The van der Waals surface area contributed by atoms with E-state index in [4.69, 9.17) is 10.3 Å². The maximum absolute atomic E-state index is 10.5. The fraction of sp³-hybridized carbons (Fsp3) is 0.333. The number of carbonyl (C=O) groups is 1. The summed E-state index contributed by atoms with van der Waals surface area (Å²) in [4.78, 5) is 10.5. The summed E-state index contributed by atoms with van der Waals surface area (Å²) >= 11 is 0. The second-order valence-corrected chi connectivity index (χ2v) is 2.07. The lowest BCUT2D eigenvalue weighted by atomic mass is 10.3. The third-order valence-electron chi connectivity index (χ3n) is 1.16. The van der Waals surface area contributed by atoms with Crippen molar-refractivity contribution in [2.45, 2.75) is 6.54 Å². The van der Waals surface area contributed by atoms with Crippen LogP contribution in [0.4, 0.5) is 0 Å². The molecule has 0 unspecified atom stereocenters. The fourth-order valence-corrected chi connectivity index (χ4v) is 0.687. The molecule has 0 aromatic carbocycles. The Morgan fingerprint density at radius 2 is 2.50 bits per heavy atom. The molecule has 0 aliphatic carbocycles. The van der Waals surface area contributed by atoms with Crippen LogP contribution in [-0.4, -0.2) is 18.1 Å². The predicted molar refractivity (Wildman–Crippen MR) is 45.0 cm³/mol. The van der Waals surface area contributed by atoms with E-state index in [0.717, 1.165) is 0 Å². The molecule has 0 aliphatic rings. The minimum atomic E-state index is -0.573. The third-order valence-corrected chi connectivity index (χ3v) is 1.16. The molecule has 1 heterocycles. The lowest BCUT2D eigenvalue weighted by Gasteiger charge is -1.87. The molecule has 0 saturated heterocycles. The van der Waals surface area contributed by atoms with Gasteiger partial charge < -0.3 is 15.6 Å². The molecular formula is C6H10ClN3O2. The predicted octanol–water partition coefficient (Wildman–Crippen LogP) is -0.0853. The van der Waals surface area contributed by atoms with Crippen LogP contribution >= 0.6 is 12.4 Å². The first-order valence-corrected chi connectivity index (χ1v) is 3.14. The first-order valence-electron chi connectivity index (χ1n) is 3.14. The summed E-state index contributed by atoms with van der Waals surface area (Å²) in [7, 11) is 1.77. The molecule has 0 radical (unpaired) electrons. The molecule has 6 heteroatoms. The van der Waals surface area contributed by atoms with Gasteiger partial charge in [0.05, 0.1) is 6.54 Å². The number of nitrogens with one attached hydrogen (secondary N) is 1. The highest BCUT2D eigenvalue weighted by Crippen LogP contribution is 2.01. The minimum Gasteiger partial charge on any atom is -0.364 e. The number of hydrogen-bond donors (Lipinski definition) is 2. The molecule has 3 N–H and O–H groups in total. The van der Waals surface area contributed by atoms with Gasteiger partial charge >= 0.3 is 0 Å². The van der Waals surface area contributed by atoms with Gasteiger partial charge in [-0.2, -0.15) is 0 Å². The molecule has 0 spiro atoms. The van der Waals surface area contributed by atoms with Crippen LogP contribution in [0, 0.1) is 0 Å². The highest BCUT2D eigenvalue weighted by Gasteiger charge is 2.06. The van der Waals surface area contributed by atoms with E-state index in [-0.39, 0.29) is 18.1 Å². The maximum Gasteiger partial charge on any atom is 0.270 e. The van der Waals surface area contributed by atoms with Crippen molar-refractivity contribution in [2.75, 3.05) is 7.05 Å². The quantitative estimate of drug-likeness (QED) is 0.700. The van der Waals surface area contributed by atoms with E-state index in [1.165, 1.54) is 6.07 Å². The number of carbonyl (C=O) groups excluding carboxylic acids is 1. The van der Waals surface area contributed by atoms with Gasteiger partial charge in [-0.05, 0) is 7.05 Å². The number of nitrogens with zero attached hydrogens (tertiary/aromatic N) is 1. The van der Waals surface area contributed by atoms with Gasteiger partial charge in [0.1, 0.15) is 0 Å². The van der Waals surface area contributed by atoms with Gasteiger partial charge in [0.25, 0.3) is 5.91 Å². The zero-order valence-corrected chi connectivity index (χ0v) is 7.35. The van der Waals surface area contributed by atoms with Crippen LogP contribution in [0.2, 0.25) is 0 Å².